The van der Waals surface area contributed by atoms with E-state index in [9.17, 15) is 0 Å². The van der Waals surface area contributed by atoms with Gasteiger partial charge in [-0.2, -0.15) is 5.26 Å². The van der Waals surface area contributed by atoms with Gasteiger partial charge >= 0.3 is 0 Å². The number of hydrogen-bond acceptors (Lipinski definition) is 3. The Morgan fingerprint density at radius 3 is 2.94 bits per heavy atom. The second-order valence-electron chi connectivity index (χ2n) is 4.29. The largest absolute Gasteiger partial charge is 0.370 e. The molecule has 2 nitrogen and oxygen atoms in total. The molecular weight excluding hydrogens is 216 g/mol. The van der Waals surface area contributed by atoms with Crippen molar-refractivity contribution in [2.24, 2.45) is 0 Å². The number of nitrogens with zero attached hydrogens (tertiary/aromatic N) is 2. The zero-order chi connectivity index (χ0) is 11.7. The summed E-state index contributed by atoms with van der Waals surface area (Å²) < 4.78 is 0. The Bertz CT molecular complexity index is 436. The van der Waals surface area contributed by atoms with E-state index < -0.39 is 0 Å². The number of benzene rings is 1. The van der Waals surface area contributed by atoms with E-state index in [0.717, 1.165) is 0 Å². The van der Waals surface area contributed by atoms with Crippen LogP contribution in [0.15, 0.2) is 23.1 Å². The number of nitriles is 1. The second kappa shape index (κ2) is 4.39. The van der Waals surface area contributed by atoms with Gasteiger partial charge in [0.15, 0.2) is 0 Å². The van der Waals surface area contributed by atoms with Gasteiger partial charge in [-0.3, -0.25) is 0 Å². The van der Waals surface area contributed by atoms with Crippen molar-refractivity contribution in [1.82, 2.24) is 0 Å². The highest BCUT2D eigenvalue weighted by molar-refractivity contribution is 8.00. The number of anilines is 1. The number of fused-ring (bicyclic) bond motifs is 1. The van der Waals surface area contributed by atoms with E-state index in [4.69, 9.17) is 5.26 Å². The average Bonchev–Trinajstić information content (AvgIpc) is 2.25. The molecule has 0 amide bonds. The average molecular weight is 232 g/mol. The van der Waals surface area contributed by atoms with Crippen LogP contribution in [-0.2, 0) is 0 Å². The van der Waals surface area contributed by atoms with E-state index in [2.05, 4.69) is 50.1 Å². The number of rotatable bonds is 1. The minimum atomic E-state index is 0.379. The second-order valence-corrected chi connectivity index (χ2v) is 5.57. The lowest BCUT2D eigenvalue weighted by atomic mass is 10.1. The number of para-hydroxylation sites is 1. The summed E-state index contributed by atoms with van der Waals surface area (Å²) >= 11 is 1.84. The first-order valence-corrected chi connectivity index (χ1v) is 6.39. The van der Waals surface area contributed by atoms with Crippen molar-refractivity contribution in [2.45, 2.75) is 36.5 Å². The maximum atomic E-state index is 8.84. The molecule has 84 valence electrons. The van der Waals surface area contributed by atoms with Gasteiger partial charge in [-0.1, -0.05) is 12.1 Å². The fraction of sp³-hybridized carbons (Fsp3) is 0.462. The third-order valence-electron chi connectivity index (χ3n) is 3.27. The van der Waals surface area contributed by atoms with Gasteiger partial charge < -0.3 is 4.90 Å². The summed E-state index contributed by atoms with van der Waals surface area (Å²) in [5.41, 5.74) is 2.64. The van der Waals surface area contributed by atoms with E-state index in [1.807, 2.05) is 11.8 Å². The van der Waals surface area contributed by atoms with Crippen molar-refractivity contribution < 1.29 is 0 Å². The smallest absolute Gasteiger partial charge is 0.0634 e. The van der Waals surface area contributed by atoms with Crippen molar-refractivity contribution >= 4 is 17.4 Å². The van der Waals surface area contributed by atoms with Gasteiger partial charge in [-0.25, -0.2) is 0 Å². The van der Waals surface area contributed by atoms with Gasteiger partial charge in [0.05, 0.1) is 11.8 Å². The minimum Gasteiger partial charge on any atom is -0.370 e. The molecule has 2 rings (SSSR count). The highest BCUT2D eigenvalue weighted by Gasteiger charge is 2.30. The first kappa shape index (κ1) is 11.3. The predicted molar refractivity (Wildman–Crippen MR) is 68.9 cm³/mol. The number of thioether (sulfide) groups is 1. The van der Waals surface area contributed by atoms with Crippen LogP contribution in [0.25, 0.3) is 0 Å². The molecule has 1 aliphatic rings. The lowest BCUT2D eigenvalue weighted by Crippen LogP contribution is -2.40. The lowest BCUT2D eigenvalue weighted by Gasteiger charge is -2.39. The number of aryl methyl sites for hydroxylation is 1. The predicted octanol–water partition coefficient (Wildman–Crippen LogP) is 3.21. The van der Waals surface area contributed by atoms with Crippen LogP contribution in [0.5, 0.6) is 0 Å². The van der Waals surface area contributed by atoms with Crippen LogP contribution in [0.2, 0.25) is 0 Å². The molecule has 2 unspecified atom stereocenters. The molecule has 0 radical (unpaired) electrons. The van der Waals surface area contributed by atoms with Crippen molar-refractivity contribution in [2.75, 3.05) is 11.9 Å². The van der Waals surface area contributed by atoms with Gasteiger partial charge in [0.2, 0.25) is 0 Å². The molecule has 0 bridgehead atoms. The van der Waals surface area contributed by atoms with Gasteiger partial charge in [0.25, 0.3) is 0 Å². The summed E-state index contributed by atoms with van der Waals surface area (Å²) in [6, 6.07) is 9.09. The fourth-order valence-corrected chi connectivity index (χ4v) is 3.63. The summed E-state index contributed by atoms with van der Waals surface area (Å²) in [5, 5.41) is 9.22. The quantitative estimate of drug-likeness (QED) is 0.744. The Morgan fingerprint density at radius 1 is 1.50 bits per heavy atom. The molecule has 0 saturated heterocycles. The molecule has 1 aliphatic heterocycles. The Kier molecular flexibility index (Phi) is 3.11. The molecule has 16 heavy (non-hydrogen) atoms. The van der Waals surface area contributed by atoms with Crippen molar-refractivity contribution in [1.29, 1.82) is 5.26 Å². The van der Waals surface area contributed by atoms with Crippen molar-refractivity contribution in [3.63, 3.8) is 0 Å². The summed E-state index contributed by atoms with van der Waals surface area (Å²) in [5.74, 6) is 0. The van der Waals surface area contributed by atoms with Crippen LogP contribution in [0, 0.1) is 18.3 Å². The van der Waals surface area contributed by atoms with Crippen LogP contribution in [-0.4, -0.2) is 18.3 Å². The molecule has 0 spiro atoms. The van der Waals surface area contributed by atoms with Crippen molar-refractivity contribution in [3.05, 3.63) is 23.8 Å². The van der Waals surface area contributed by atoms with Crippen LogP contribution in [0.1, 0.15) is 18.9 Å². The third kappa shape index (κ3) is 1.78. The highest BCUT2D eigenvalue weighted by atomic mass is 32.2. The van der Waals surface area contributed by atoms with Crippen LogP contribution < -0.4 is 4.90 Å². The molecule has 1 aromatic rings. The molecule has 1 aromatic carbocycles. The standard InChI is InChI=1S/C13H16N2S/c1-9-5-4-6-12-13(9)15(3)10(2)11(16-12)7-8-14/h4-6,10-11H,7H2,1-3H3. The normalized spacial score (nSPS) is 23.8. The lowest BCUT2D eigenvalue weighted by molar-refractivity contribution is 0.637. The van der Waals surface area contributed by atoms with Crippen LogP contribution in [0.4, 0.5) is 5.69 Å². The molecule has 0 fully saturated rings. The van der Waals surface area contributed by atoms with Crippen LogP contribution in [0.3, 0.4) is 0 Å². The summed E-state index contributed by atoms with van der Waals surface area (Å²) in [6.45, 7) is 4.34. The van der Waals surface area contributed by atoms with E-state index in [1.54, 1.807) is 0 Å². The van der Waals surface area contributed by atoms with Gasteiger partial charge in [-0.05, 0) is 25.5 Å². The van der Waals surface area contributed by atoms with Gasteiger partial charge in [0, 0.05) is 29.7 Å². The summed E-state index contributed by atoms with van der Waals surface area (Å²) in [6.07, 6.45) is 0.615. The highest BCUT2D eigenvalue weighted by Crippen LogP contribution is 2.43. The molecule has 0 N–H and O–H groups in total. The maximum Gasteiger partial charge on any atom is 0.0634 e. The van der Waals surface area contributed by atoms with Gasteiger partial charge in [-0.15, -0.1) is 11.8 Å². The molecule has 2 atom stereocenters. The maximum absolute atomic E-state index is 8.84. The molecule has 0 aliphatic carbocycles. The molecule has 3 heteroatoms. The Hall–Kier alpha value is -1.14. The zero-order valence-electron chi connectivity index (χ0n) is 9.90. The third-order valence-corrected chi connectivity index (χ3v) is 4.72. The Morgan fingerprint density at radius 2 is 2.25 bits per heavy atom. The minimum absolute atomic E-state index is 0.379. The topological polar surface area (TPSA) is 27.0 Å². The fourth-order valence-electron chi connectivity index (χ4n) is 2.20. The Balaban J connectivity index is 2.41. The van der Waals surface area contributed by atoms with E-state index in [1.165, 1.54) is 16.1 Å². The zero-order valence-corrected chi connectivity index (χ0v) is 10.7. The monoisotopic (exact) mass is 232 g/mol. The SMILES string of the molecule is Cc1cccc2c1N(C)C(C)C(CC#N)S2. The molecule has 0 saturated carbocycles. The molecule has 0 aromatic heterocycles. The first-order chi connectivity index (χ1) is 7.65. The van der Waals surface area contributed by atoms with E-state index >= 15 is 0 Å². The Labute approximate surface area is 101 Å². The summed E-state index contributed by atoms with van der Waals surface area (Å²) in [7, 11) is 2.13. The van der Waals surface area contributed by atoms with Crippen LogP contribution >= 0.6 is 11.8 Å². The molecular formula is C13H16N2S. The van der Waals surface area contributed by atoms with Gasteiger partial charge in [0.1, 0.15) is 0 Å². The number of hydrogen-bond donors (Lipinski definition) is 0. The summed E-state index contributed by atoms with van der Waals surface area (Å²) in [4.78, 5) is 3.62. The first-order valence-electron chi connectivity index (χ1n) is 5.51. The van der Waals surface area contributed by atoms with E-state index in [-0.39, 0.29) is 0 Å². The van der Waals surface area contributed by atoms with E-state index in [0.29, 0.717) is 17.7 Å². The van der Waals surface area contributed by atoms with Crippen molar-refractivity contribution in [3.8, 4) is 6.07 Å². The molecule has 1 heterocycles.